The lowest BCUT2D eigenvalue weighted by Crippen LogP contribution is -2.36. The first-order valence-corrected chi connectivity index (χ1v) is 10.2. The van der Waals surface area contributed by atoms with Crippen LogP contribution in [0.4, 0.5) is 15.9 Å². The molecule has 3 heterocycles. The van der Waals surface area contributed by atoms with Gasteiger partial charge in [-0.1, -0.05) is 12.1 Å². The first-order chi connectivity index (χ1) is 14.6. The maximum absolute atomic E-state index is 13.1. The number of pyridine rings is 1. The van der Waals surface area contributed by atoms with Crippen molar-refractivity contribution in [3.63, 3.8) is 0 Å². The van der Waals surface area contributed by atoms with Crippen LogP contribution in [0.1, 0.15) is 37.7 Å². The van der Waals surface area contributed by atoms with Crippen molar-refractivity contribution in [2.75, 3.05) is 23.3 Å². The summed E-state index contributed by atoms with van der Waals surface area (Å²) >= 11 is 0. The summed E-state index contributed by atoms with van der Waals surface area (Å²) in [7, 11) is 0. The molecule has 156 valence electrons. The van der Waals surface area contributed by atoms with E-state index in [1.54, 1.807) is 24.4 Å². The normalized spacial score (nSPS) is 17.0. The van der Waals surface area contributed by atoms with Crippen LogP contribution in [0.5, 0.6) is 0 Å². The van der Waals surface area contributed by atoms with Gasteiger partial charge in [-0.3, -0.25) is 9.59 Å². The van der Waals surface area contributed by atoms with Crippen LogP contribution < -0.4 is 10.2 Å². The fourth-order valence-electron chi connectivity index (χ4n) is 3.70. The van der Waals surface area contributed by atoms with E-state index in [2.05, 4.69) is 20.3 Å². The number of nitrogens with zero attached hydrogens (tertiary/aromatic N) is 4. The minimum atomic E-state index is -0.340. The minimum absolute atomic E-state index is 0.161. The lowest BCUT2D eigenvalue weighted by atomic mass is 10.1. The molecule has 2 aromatic rings. The van der Waals surface area contributed by atoms with E-state index in [0.717, 1.165) is 37.3 Å². The molecule has 1 N–H and O–H groups in total. The molecule has 1 aromatic heterocycles. The molecule has 1 aromatic carbocycles. The molecule has 0 aliphatic carbocycles. The van der Waals surface area contributed by atoms with Gasteiger partial charge in [0.2, 0.25) is 5.91 Å². The predicted molar refractivity (Wildman–Crippen MR) is 113 cm³/mol. The van der Waals surface area contributed by atoms with Gasteiger partial charge in [-0.25, -0.2) is 14.4 Å². The van der Waals surface area contributed by atoms with E-state index in [9.17, 15) is 14.0 Å². The molecule has 0 spiro atoms. The smallest absolute Gasteiger partial charge is 0.271 e. The number of amides is 2. The van der Waals surface area contributed by atoms with Gasteiger partial charge in [0.25, 0.3) is 5.91 Å². The highest BCUT2D eigenvalue weighted by Gasteiger charge is 2.26. The van der Waals surface area contributed by atoms with Crippen LogP contribution in [0.25, 0.3) is 0 Å². The van der Waals surface area contributed by atoms with Gasteiger partial charge in [-0.2, -0.15) is 5.10 Å². The van der Waals surface area contributed by atoms with Gasteiger partial charge in [0.05, 0.1) is 12.2 Å². The Labute approximate surface area is 174 Å². The zero-order valence-electron chi connectivity index (χ0n) is 16.7. The molecule has 7 nitrogen and oxygen atoms in total. The zero-order valence-corrected chi connectivity index (χ0v) is 16.7. The van der Waals surface area contributed by atoms with Crippen molar-refractivity contribution in [2.24, 2.45) is 5.10 Å². The Morgan fingerprint density at radius 3 is 2.60 bits per heavy atom. The molecule has 0 atom stereocenters. The molecule has 2 amide bonds. The Morgan fingerprint density at radius 1 is 1.07 bits per heavy atom. The SMILES string of the molecule is O=C(Nc1cccnc1N1CCCCC1)C1=NN(Cc2ccc(F)cc2)C(=O)CC1. The van der Waals surface area contributed by atoms with Crippen molar-refractivity contribution in [3.05, 3.63) is 54.0 Å². The molecular formula is C22H24FN5O2. The standard InChI is InChI=1S/C22H24FN5O2/c23-17-8-6-16(7-9-17)15-28-20(29)11-10-19(26-28)22(30)25-18-5-4-12-24-21(18)27-13-2-1-3-14-27/h4-9,12H,1-3,10-11,13-15H2,(H,25,30). The van der Waals surface area contributed by atoms with Crippen molar-refractivity contribution < 1.29 is 14.0 Å². The molecule has 0 bridgehead atoms. The average Bonchev–Trinajstić information content (AvgIpc) is 2.78. The molecule has 8 heteroatoms. The van der Waals surface area contributed by atoms with Gasteiger partial charge in [0, 0.05) is 32.1 Å². The number of carbonyl (C=O) groups is 2. The summed E-state index contributed by atoms with van der Waals surface area (Å²) in [4.78, 5) is 31.8. The molecule has 1 saturated heterocycles. The van der Waals surface area contributed by atoms with E-state index in [1.807, 2.05) is 6.07 Å². The van der Waals surface area contributed by atoms with Gasteiger partial charge in [0.1, 0.15) is 11.5 Å². The summed E-state index contributed by atoms with van der Waals surface area (Å²) in [5, 5.41) is 8.48. The molecule has 1 fully saturated rings. The largest absolute Gasteiger partial charge is 0.355 e. The maximum Gasteiger partial charge on any atom is 0.271 e. The van der Waals surface area contributed by atoms with Crippen molar-refractivity contribution in [2.45, 2.75) is 38.6 Å². The number of halogens is 1. The molecule has 0 radical (unpaired) electrons. The Morgan fingerprint density at radius 2 is 1.83 bits per heavy atom. The van der Waals surface area contributed by atoms with Crippen LogP contribution in [0, 0.1) is 5.82 Å². The molecule has 0 saturated carbocycles. The highest BCUT2D eigenvalue weighted by atomic mass is 19.1. The van der Waals surface area contributed by atoms with Crippen molar-refractivity contribution in [1.29, 1.82) is 0 Å². The van der Waals surface area contributed by atoms with E-state index in [-0.39, 0.29) is 37.0 Å². The van der Waals surface area contributed by atoms with E-state index < -0.39 is 0 Å². The Hall–Kier alpha value is -3.29. The van der Waals surface area contributed by atoms with Crippen LogP contribution in [0.2, 0.25) is 0 Å². The number of anilines is 2. The summed E-state index contributed by atoms with van der Waals surface area (Å²) in [5.41, 5.74) is 1.69. The second kappa shape index (κ2) is 9.02. The highest BCUT2D eigenvalue weighted by molar-refractivity contribution is 6.43. The van der Waals surface area contributed by atoms with E-state index in [1.165, 1.54) is 23.6 Å². The number of rotatable bonds is 5. The van der Waals surface area contributed by atoms with Gasteiger partial charge in [-0.15, -0.1) is 0 Å². The second-order valence-corrected chi connectivity index (χ2v) is 7.50. The summed E-state index contributed by atoms with van der Waals surface area (Å²) in [6, 6.07) is 9.51. The molecule has 4 rings (SSSR count). The zero-order chi connectivity index (χ0) is 20.9. The molecular weight excluding hydrogens is 385 g/mol. The lowest BCUT2D eigenvalue weighted by Gasteiger charge is -2.29. The van der Waals surface area contributed by atoms with Crippen LogP contribution in [0.15, 0.2) is 47.7 Å². The number of hydrazone groups is 1. The van der Waals surface area contributed by atoms with Crippen LogP contribution in [-0.4, -0.2) is 40.6 Å². The fraction of sp³-hybridized carbons (Fsp3) is 0.364. The quantitative estimate of drug-likeness (QED) is 0.822. The summed E-state index contributed by atoms with van der Waals surface area (Å²) in [5.74, 6) is -0.0707. The number of piperidine rings is 1. The van der Waals surface area contributed by atoms with Gasteiger partial charge in [0.15, 0.2) is 5.82 Å². The maximum atomic E-state index is 13.1. The van der Waals surface area contributed by atoms with Gasteiger partial charge >= 0.3 is 0 Å². The Balaban J connectivity index is 1.49. The third kappa shape index (κ3) is 4.64. The second-order valence-electron chi connectivity index (χ2n) is 7.50. The number of benzene rings is 1. The fourth-order valence-corrected chi connectivity index (χ4v) is 3.70. The van der Waals surface area contributed by atoms with Gasteiger partial charge < -0.3 is 10.2 Å². The van der Waals surface area contributed by atoms with Crippen molar-refractivity contribution in [3.8, 4) is 0 Å². The number of hydrogen-bond donors (Lipinski definition) is 1. The summed E-state index contributed by atoms with van der Waals surface area (Å²) in [6.07, 6.45) is 5.64. The number of aromatic nitrogens is 1. The number of carbonyl (C=O) groups excluding carboxylic acids is 2. The van der Waals surface area contributed by atoms with E-state index >= 15 is 0 Å². The highest BCUT2D eigenvalue weighted by Crippen LogP contribution is 2.26. The van der Waals surface area contributed by atoms with Gasteiger partial charge in [-0.05, 0) is 49.1 Å². The van der Waals surface area contributed by atoms with Crippen LogP contribution >= 0.6 is 0 Å². The minimum Gasteiger partial charge on any atom is -0.355 e. The first-order valence-electron chi connectivity index (χ1n) is 10.2. The van der Waals surface area contributed by atoms with E-state index in [4.69, 9.17) is 0 Å². The van der Waals surface area contributed by atoms with Crippen molar-refractivity contribution in [1.82, 2.24) is 9.99 Å². The first kappa shape index (κ1) is 20.0. The lowest BCUT2D eigenvalue weighted by molar-refractivity contribution is -0.132. The Kier molecular flexibility index (Phi) is 6.02. The van der Waals surface area contributed by atoms with Crippen molar-refractivity contribution >= 4 is 29.0 Å². The van der Waals surface area contributed by atoms with Crippen LogP contribution in [-0.2, 0) is 16.1 Å². The number of nitrogens with one attached hydrogen (secondary N) is 1. The topological polar surface area (TPSA) is 77.9 Å². The van der Waals surface area contributed by atoms with Crippen LogP contribution in [0.3, 0.4) is 0 Å². The molecule has 30 heavy (non-hydrogen) atoms. The van der Waals surface area contributed by atoms with E-state index in [0.29, 0.717) is 11.4 Å². The molecule has 2 aliphatic heterocycles. The number of hydrogen-bond acceptors (Lipinski definition) is 5. The summed E-state index contributed by atoms with van der Waals surface area (Å²) < 4.78 is 13.1. The molecule has 2 aliphatic rings. The third-order valence-corrected chi connectivity index (χ3v) is 5.30. The molecule has 0 unspecified atom stereocenters. The predicted octanol–water partition coefficient (Wildman–Crippen LogP) is 3.33. The monoisotopic (exact) mass is 409 g/mol. The third-order valence-electron chi connectivity index (χ3n) is 5.30. The summed E-state index contributed by atoms with van der Waals surface area (Å²) in [6.45, 7) is 2.03. The Bertz CT molecular complexity index is 954. The average molecular weight is 409 g/mol.